The minimum absolute atomic E-state index is 0.120. The first-order valence-corrected chi connectivity index (χ1v) is 11.6. The molecule has 2 heterocycles. The average Bonchev–Trinajstić information content (AvgIpc) is 3.17. The lowest BCUT2D eigenvalue weighted by atomic mass is 9.85. The van der Waals surface area contributed by atoms with Crippen molar-refractivity contribution in [3.05, 3.63) is 77.1 Å². The molecule has 37 heavy (non-hydrogen) atoms. The third kappa shape index (κ3) is 4.72. The molecule has 1 aromatic heterocycles. The maximum atomic E-state index is 13.8. The van der Waals surface area contributed by atoms with Crippen LogP contribution in [0.5, 0.6) is 23.0 Å². The molecule has 1 N–H and O–H groups in total. The predicted octanol–water partition coefficient (Wildman–Crippen LogP) is 3.00. The van der Waals surface area contributed by atoms with Crippen molar-refractivity contribution in [1.82, 2.24) is 4.90 Å². The second kappa shape index (κ2) is 10.7. The highest BCUT2D eigenvalue weighted by molar-refractivity contribution is 6.44. The topological polar surface area (TPSA) is 106 Å². The van der Waals surface area contributed by atoms with Crippen LogP contribution >= 0.6 is 0 Å². The molecule has 0 bridgehead atoms. The molecule has 1 aliphatic heterocycles. The fourth-order valence-electron chi connectivity index (χ4n) is 4.74. The Morgan fingerprint density at radius 2 is 1.59 bits per heavy atom. The van der Waals surface area contributed by atoms with Crippen LogP contribution in [0.25, 0.3) is 0 Å². The van der Waals surface area contributed by atoms with Gasteiger partial charge in [-0.2, -0.15) is 0 Å². The Hall–Kier alpha value is -4.40. The lowest BCUT2D eigenvalue weighted by Gasteiger charge is -2.28. The van der Waals surface area contributed by atoms with Gasteiger partial charge < -0.3 is 23.8 Å². The van der Waals surface area contributed by atoms with Crippen LogP contribution in [0.2, 0.25) is 0 Å². The van der Waals surface area contributed by atoms with Crippen LogP contribution in [-0.2, 0) is 16.1 Å². The van der Waals surface area contributed by atoms with Gasteiger partial charge in [0.15, 0.2) is 29.7 Å². The van der Waals surface area contributed by atoms with Crippen molar-refractivity contribution in [2.24, 2.45) is 5.92 Å². The van der Waals surface area contributed by atoms with Gasteiger partial charge in [0, 0.05) is 17.2 Å². The fraction of sp³-hybridized carbons (Fsp3) is 0.286. The van der Waals surface area contributed by atoms with E-state index < -0.39 is 29.4 Å². The van der Waals surface area contributed by atoms with Crippen LogP contribution < -0.4 is 23.9 Å². The van der Waals surface area contributed by atoms with Crippen LogP contribution in [-0.4, -0.2) is 50.8 Å². The van der Waals surface area contributed by atoms with E-state index in [0.717, 1.165) is 11.1 Å². The lowest BCUT2D eigenvalue weighted by Crippen LogP contribution is -2.30. The molecular weight excluding hydrogens is 476 g/mol. The highest BCUT2D eigenvalue weighted by Gasteiger charge is 2.52. The summed E-state index contributed by atoms with van der Waals surface area (Å²) in [4.78, 5) is 45.0. The first kappa shape index (κ1) is 25.7. The van der Waals surface area contributed by atoms with E-state index in [-0.39, 0.29) is 6.54 Å². The van der Waals surface area contributed by atoms with Crippen molar-refractivity contribution < 1.29 is 38.3 Å². The van der Waals surface area contributed by atoms with Gasteiger partial charge >= 0.3 is 0 Å². The number of methoxy groups -OCH3 is 4. The Labute approximate surface area is 214 Å². The van der Waals surface area contributed by atoms with Crippen molar-refractivity contribution in [3.63, 3.8) is 0 Å². The average molecular weight is 506 g/mol. The molecule has 2 unspecified atom stereocenters. The van der Waals surface area contributed by atoms with Crippen molar-refractivity contribution >= 4 is 17.5 Å². The molecule has 4 rings (SSSR count). The molecule has 2 aromatic carbocycles. The number of pyridine rings is 1. The third-order valence-electron chi connectivity index (χ3n) is 6.52. The van der Waals surface area contributed by atoms with Crippen molar-refractivity contribution in [1.29, 1.82) is 0 Å². The molecule has 3 aromatic rings. The largest absolute Gasteiger partial charge is 0.496 e. The van der Waals surface area contributed by atoms with Gasteiger partial charge in [-0.25, -0.2) is 4.98 Å². The van der Waals surface area contributed by atoms with E-state index in [2.05, 4.69) is 4.98 Å². The number of hydrogen-bond donors (Lipinski definition) is 0. The number of Topliss-reactive ketones (excluding diaryl/α,β-unsaturated/α-hetero) is 2. The molecule has 1 saturated heterocycles. The first-order chi connectivity index (χ1) is 17.8. The second-order valence-electron chi connectivity index (χ2n) is 8.64. The minimum Gasteiger partial charge on any atom is -0.496 e. The summed E-state index contributed by atoms with van der Waals surface area (Å²) in [6, 6.07) is 11.0. The molecule has 0 spiro atoms. The zero-order chi connectivity index (χ0) is 26.7. The summed E-state index contributed by atoms with van der Waals surface area (Å²) in [5.74, 6) is -1.54. The summed E-state index contributed by atoms with van der Waals surface area (Å²) in [7, 11) is 5.99. The zero-order valence-corrected chi connectivity index (χ0v) is 21.4. The Balaban J connectivity index is 1.87. The predicted molar refractivity (Wildman–Crippen MR) is 133 cm³/mol. The van der Waals surface area contributed by atoms with Gasteiger partial charge in [-0.15, -0.1) is 0 Å². The van der Waals surface area contributed by atoms with Gasteiger partial charge in [0.1, 0.15) is 11.7 Å². The van der Waals surface area contributed by atoms with Crippen molar-refractivity contribution in [3.8, 4) is 23.0 Å². The number of rotatable bonds is 9. The molecule has 1 fully saturated rings. The van der Waals surface area contributed by atoms with E-state index in [1.807, 2.05) is 13.0 Å². The molecule has 2 atom stereocenters. The number of ether oxygens (including phenoxy) is 4. The minimum atomic E-state index is -1.27. The van der Waals surface area contributed by atoms with E-state index in [9.17, 15) is 14.4 Å². The van der Waals surface area contributed by atoms with Gasteiger partial charge in [-0.05, 0) is 54.4 Å². The van der Waals surface area contributed by atoms with Crippen LogP contribution in [0, 0.1) is 12.8 Å². The SMILES string of the molecule is COc1ccc(C(=O)C2C(=O)C(=O)N(Cc3ccc[nH+]c3)C2c2cc(OC)c(OC)c(OC)c2)cc1C. The summed E-state index contributed by atoms with van der Waals surface area (Å²) in [6.45, 7) is 1.93. The molecular formula is C28H29N2O7+. The number of nitrogens with one attached hydrogen (secondary N) is 1. The van der Waals surface area contributed by atoms with E-state index in [1.54, 1.807) is 55.9 Å². The number of H-pyrrole nitrogens is 1. The summed E-state index contributed by atoms with van der Waals surface area (Å²) in [5.41, 5.74) is 2.34. The number of carbonyl (C=O) groups is 3. The van der Waals surface area contributed by atoms with Gasteiger partial charge in [0.2, 0.25) is 11.5 Å². The van der Waals surface area contributed by atoms with Crippen molar-refractivity contribution in [2.45, 2.75) is 19.5 Å². The normalized spacial score (nSPS) is 17.1. The second-order valence-corrected chi connectivity index (χ2v) is 8.64. The van der Waals surface area contributed by atoms with Crippen LogP contribution in [0.15, 0.2) is 54.9 Å². The molecule has 0 aliphatic carbocycles. The number of hydrogen-bond acceptors (Lipinski definition) is 7. The van der Waals surface area contributed by atoms with Crippen LogP contribution in [0.4, 0.5) is 0 Å². The number of benzene rings is 2. The Kier molecular flexibility index (Phi) is 7.42. The summed E-state index contributed by atoms with van der Waals surface area (Å²) in [5, 5.41) is 0. The molecule has 0 saturated carbocycles. The fourth-order valence-corrected chi connectivity index (χ4v) is 4.74. The van der Waals surface area contributed by atoms with Gasteiger partial charge in [0.25, 0.3) is 5.91 Å². The van der Waals surface area contributed by atoms with E-state index in [4.69, 9.17) is 18.9 Å². The molecule has 9 heteroatoms. The van der Waals surface area contributed by atoms with Crippen LogP contribution in [0.3, 0.4) is 0 Å². The van der Waals surface area contributed by atoms with E-state index in [0.29, 0.717) is 34.1 Å². The number of nitrogens with zero attached hydrogens (tertiary/aromatic N) is 1. The maximum Gasteiger partial charge on any atom is 0.291 e. The standard InChI is InChI=1S/C28H28N2O7/c1-16-11-18(8-9-20(16)34-2)25(31)23-24(19-12-21(35-3)27(37-5)22(13-19)36-4)30(28(33)26(23)32)15-17-7-6-10-29-14-17/h6-14,23-24H,15H2,1-5H3/p+1. The molecule has 9 nitrogen and oxygen atoms in total. The van der Waals surface area contributed by atoms with Gasteiger partial charge in [0.05, 0.1) is 41.0 Å². The van der Waals surface area contributed by atoms with Crippen LogP contribution in [0.1, 0.15) is 33.1 Å². The van der Waals surface area contributed by atoms with Gasteiger partial charge in [-0.1, -0.05) is 0 Å². The third-order valence-corrected chi connectivity index (χ3v) is 6.52. The number of amides is 1. The number of likely N-dealkylation sites (tertiary alicyclic amines) is 1. The highest BCUT2D eigenvalue weighted by atomic mass is 16.5. The number of aromatic amines is 1. The quantitative estimate of drug-likeness (QED) is 0.250. The maximum absolute atomic E-state index is 13.8. The molecule has 1 amide bonds. The number of aryl methyl sites for hydroxylation is 1. The van der Waals surface area contributed by atoms with Gasteiger partial charge in [-0.3, -0.25) is 14.4 Å². The molecule has 1 aliphatic rings. The number of ketones is 2. The summed E-state index contributed by atoms with van der Waals surface area (Å²) >= 11 is 0. The zero-order valence-electron chi connectivity index (χ0n) is 21.4. The van der Waals surface area contributed by atoms with E-state index in [1.165, 1.54) is 26.2 Å². The molecule has 192 valence electrons. The summed E-state index contributed by atoms with van der Waals surface area (Å²) in [6.07, 6.45) is 3.49. The highest BCUT2D eigenvalue weighted by Crippen LogP contribution is 2.45. The lowest BCUT2D eigenvalue weighted by molar-refractivity contribution is -0.378. The number of aromatic nitrogens is 1. The smallest absolute Gasteiger partial charge is 0.291 e. The molecule has 0 radical (unpaired) electrons. The number of carbonyl (C=O) groups excluding carboxylic acids is 3. The summed E-state index contributed by atoms with van der Waals surface area (Å²) < 4.78 is 21.8. The van der Waals surface area contributed by atoms with Crippen molar-refractivity contribution in [2.75, 3.05) is 28.4 Å². The Morgan fingerprint density at radius 1 is 0.919 bits per heavy atom. The first-order valence-electron chi connectivity index (χ1n) is 11.6. The monoisotopic (exact) mass is 505 g/mol. The van der Waals surface area contributed by atoms with E-state index >= 15 is 0 Å². The Morgan fingerprint density at radius 3 is 2.14 bits per heavy atom. The Bertz CT molecular complexity index is 1310.